The number of thiazole rings is 1. The molecule has 0 N–H and O–H groups in total. The van der Waals surface area contributed by atoms with Crippen LogP contribution >= 0.6 is 11.3 Å². The summed E-state index contributed by atoms with van der Waals surface area (Å²) in [6.07, 6.45) is 0. The van der Waals surface area contributed by atoms with Crippen molar-refractivity contribution in [3.05, 3.63) is 46.6 Å². The Labute approximate surface area is 126 Å². The summed E-state index contributed by atoms with van der Waals surface area (Å²) >= 11 is 1.35. The van der Waals surface area contributed by atoms with Gasteiger partial charge in [0.25, 0.3) is 0 Å². The summed E-state index contributed by atoms with van der Waals surface area (Å²) in [6.45, 7) is 3.79. The van der Waals surface area contributed by atoms with Gasteiger partial charge in [-0.3, -0.25) is 4.98 Å². The summed E-state index contributed by atoms with van der Waals surface area (Å²) in [5.74, 6) is -0.339. The molecule has 3 aromatic rings. The average Bonchev–Trinajstić information content (AvgIpc) is 2.88. The third-order valence-corrected chi connectivity index (χ3v) is 4.43. The molecule has 0 unspecified atom stereocenters. The topological polar surface area (TPSA) is 52.1 Å². The lowest BCUT2D eigenvalue weighted by Crippen LogP contribution is -1.99. The molecular formula is C16H14N2O2S. The van der Waals surface area contributed by atoms with Gasteiger partial charge in [0.2, 0.25) is 0 Å². The number of esters is 1. The minimum absolute atomic E-state index is 0.339. The molecule has 1 aromatic carbocycles. The molecular weight excluding hydrogens is 284 g/mol. The van der Waals surface area contributed by atoms with Gasteiger partial charge in [0, 0.05) is 16.6 Å². The third kappa shape index (κ3) is 2.52. The second-order valence-corrected chi connectivity index (χ2v) is 5.78. The second-order valence-electron chi connectivity index (χ2n) is 4.79. The first-order valence-electron chi connectivity index (χ1n) is 6.52. The van der Waals surface area contributed by atoms with Gasteiger partial charge in [-0.15, -0.1) is 11.3 Å². The van der Waals surface area contributed by atoms with Crippen LogP contribution in [0.4, 0.5) is 0 Å². The van der Waals surface area contributed by atoms with Crippen molar-refractivity contribution in [3.8, 4) is 10.6 Å². The molecule has 0 amide bonds. The van der Waals surface area contributed by atoms with E-state index in [4.69, 9.17) is 4.74 Å². The molecule has 0 aliphatic carbocycles. The van der Waals surface area contributed by atoms with Crippen LogP contribution in [0.25, 0.3) is 21.5 Å². The number of aromatic nitrogens is 2. The van der Waals surface area contributed by atoms with Crippen molar-refractivity contribution in [1.29, 1.82) is 0 Å². The number of ether oxygens (including phenoxy) is 1. The SMILES string of the molecule is COC(=O)c1sc(-c2ccc3nc(C)ccc3c2)nc1C. The summed E-state index contributed by atoms with van der Waals surface area (Å²) in [6, 6.07) is 10.0. The molecule has 4 nitrogen and oxygen atoms in total. The van der Waals surface area contributed by atoms with E-state index in [9.17, 15) is 4.79 Å². The van der Waals surface area contributed by atoms with Crippen molar-refractivity contribution in [1.82, 2.24) is 9.97 Å². The van der Waals surface area contributed by atoms with E-state index in [2.05, 4.69) is 9.97 Å². The Balaban J connectivity index is 2.08. The number of carbonyl (C=O) groups is 1. The Kier molecular flexibility index (Phi) is 3.43. The lowest BCUT2D eigenvalue weighted by atomic mass is 10.1. The minimum atomic E-state index is -0.339. The van der Waals surface area contributed by atoms with Crippen LogP contribution in [-0.2, 0) is 4.74 Å². The van der Waals surface area contributed by atoms with Crippen molar-refractivity contribution < 1.29 is 9.53 Å². The number of methoxy groups -OCH3 is 1. The summed E-state index contributed by atoms with van der Waals surface area (Å²) in [7, 11) is 1.38. The van der Waals surface area contributed by atoms with Crippen molar-refractivity contribution in [2.45, 2.75) is 13.8 Å². The fourth-order valence-electron chi connectivity index (χ4n) is 2.16. The molecule has 0 spiro atoms. The molecule has 5 heteroatoms. The molecule has 0 atom stereocenters. The first kappa shape index (κ1) is 13.7. The van der Waals surface area contributed by atoms with Crippen LogP contribution in [0.3, 0.4) is 0 Å². The first-order chi connectivity index (χ1) is 10.1. The number of carbonyl (C=O) groups excluding carboxylic acids is 1. The highest BCUT2D eigenvalue weighted by Gasteiger charge is 2.16. The molecule has 106 valence electrons. The lowest BCUT2D eigenvalue weighted by Gasteiger charge is -2.01. The number of aryl methyl sites for hydroxylation is 2. The predicted molar refractivity (Wildman–Crippen MR) is 83.7 cm³/mol. The summed E-state index contributed by atoms with van der Waals surface area (Å²) in [5.41, 5.74) is 3.63. The van der Waals surface area contributed by atoms with Gasteiger partial charge >= 0.3 is 5.97 Å². The molecule has 21 heavy (non-hydrogen) atoms. The van der Waals surface area contributed by atoms with E-state index in [0.717, 1.165) is 27.2 Å². The van der Waals surface area contributed by atoms with E-state index < -0.39 is 0 Å². The van der Waals surface area contributed by atoms with Crippen LogP contribution < -0.4 is 0 Å². The molecule has 0 saturated carbocycles. The van der Waals surface area contributed by atoms with Crippen molar-refractivity contribution in [2.75, 3.05) is 7.11 Å². The largest absolute Gasteiger partial charge is 0.465 e. The van der Waals surface area contributed by atoms with Crippen LogP contribution in [-0.4, -0.2) is 23.0 Å². The number of rotatable bonds is 2. The van der Waals surface area contributed by atoms with Crippen molar-refractivity contribution in [2.24, 2.45) is 0 Å². The van der Waals surface area contributed by atoms with Crippen LogP contribution in [0.2, 0.25) is 0 Å². The molecule has 0 aliphatic rings. The first-order valence-corrected chi connectivity index (χ1v) is 7.33. The monoisotopic (exact) mass is 298 g/mol. The Bertz CT molecular complexity index is 839. The van der Waals surface area contributed by atoms with Crippen molar-refractivity contribution >= 4 is 28.2 Å². The molecule has 3 rings (SSSR count). The van der Waals surface area contributed by atoms with Crippen molar-refractivity contribution in [3.63, 3.8) is 0 Å². The normalized spacial score (nSPS) is 10.8. The van der Waals surface area contributed by atoms with Crippen LogP contribution in [0.5, 0.6) is 0 Å². The molecule has 0 fully saturated rings. The van der Waals surface area contributed by atoms with E-state index >= 15 is 0 Å². The molecule has 0 aliphatic heterocycles. The maximum absolute atomic E-state index is 11.7. The zero-order valence-electron chi connectivity index (χ0n) is 12.0. The Morgan fingerprint density at radius 2 is 1.95 bits per heavy atom. The summed E-state index contributed by atoms with van der Waals surface area (Å²) < 4.78 is 4.77. The quantitative estimate of drug-likeness (QED) is 0.676. The number of pyridine rings is 1. The number of benzene rings is 1. The van der Waals surface area contributed by atoms with Gasteiger partial charge in [-0.05, 0) is 38.1 Å². The van der Waals surface area contributed by atoms with Gasteiger partial charge in [-0.25, -0.2) is 9.78 Å². The third-order valence-electron chi connectivity index (χ3n) is 3.24. The summed E-state index contributed by atoms with van der Waals surface area (Å²) in [4.78, 5) is 21.2. The molecule has 0 bridgehead atoms. The van der Waals surface area contributed by atoms with E-state index in [1.54, 1.807) is 0 Å². The molecule has 2 heterocycles. The van der Waals surface area contributed by atoms with E-state index in [0.29, 0.717) is 10.6 Å². The average molecular weight is 298 g/mol. The molecule has 2 aromatic heterocycles. The van der Waals surface area contributed by atoms with Gasteiger partial charge in [-0.1, -0.05) is 6.07 Å². The number of nitrogens with zero attached hydrogens (tertiary/aromatic N) is 2. The highest BCUT2D eigenvalue weighted by molar-refractivity contribution is 7.17. The van der Waals surface area contributed by atoms with Crippen LogP contribution in [0, 0.1) is 13.8 Å². The lowest BCUT2D eigenvalue weighted by molar-refractivity contribution is 0.0605. The Hall–Kier alpha value is -2.27. The van der Waals surface area contributed by atoms with Gasteiger partial charge in [0.05, 0.1) is 18.3 Å². The number of fused-ring (bicyclic) bond motifs is 1. The maximum Gasteiger partial charge on any atom is 0.349 e. The number of hydrogen-bond acceptors (Lipinski definition) is 5. The zero-order chi connectivity index (χ0) is 15.0. The summed E-state index contributed by atoms with van der Waals surface area (Å²) in [5, 5.41) is 1.88. The van der Waals surface area contributed by atoms with E-state index in [1.807, 2.05) is 44.2 Å². The van der Waals surface area contributed by atoms with Gasteiger partial charge in [0.15, 0.2) is 0 Å². The smallest absolute Gasteiger partial charge is 0.349 e. The van der Waals surface area contributed by atoms with Gasteiger partial charge in [-0.2, -0.15) is 0 Å². The Morgan fingerprint density at radius 3 is 2.71 bits per heavy atom. The van der Waals surface area contributed by atoms with E-state index in [1.165, 1.54) is 18.4 Å². The maximum atomic E-state index is 11.7. The standard InChI is InChI=1S/C16H14N2O2S/c1-9-4-5-11-8-12(6-7-13(11)17-9)15-18-10(2)14(21-15)16(19)20-3/h4-8H,1-3H3. The van der Waals surface area contributed by atoms with Gasteiger partial charge in [0.1, 0.15) is 9.88 Å². The zero-order valence-corrected chi connectivity index (χ0v) is 12.8. The highest BCUT2D eigenvalue weighted by Crippen LogP contribution is 2.30. The predicted octanol–water partition coefficient (Wildman–Crippen LogP) is 3.76. The van der Waals surface area contributed by atoms with Crippen LogP contribution in [0.1, 0.15) is 21.1 Å². The van der Waals surface area contributed by atoms with E-state index in [-0.39, 0.29) is 5.97 Å². The highest BCUT2D eigenvalue weighted by atomic mass is 32.1. The molecule has 0 saturated heterocycles. The number of hydrogen-bond donors (Lipinski definition) is 0. The van der Waals surface area contributed by atoms with Crippen LogP contribution in [0.15, 0.2) is 30.3 Å². The minimum Gasteiger partial charge on any atom is -0.465 e. The Morgan fingerprint density at radius 1 is 1.14 bits per heavy atom. The fraction of sp³-hybridized carbons (Fsp3) is 0.188. The molecule has 0 radical (unpaired) electrons. The van der Waals surface area contributed by atoms with Gasteiger partial charge < -0.3 is 4.74 Å². The second kappa shape index (κ2) is 5.26. The fourth-order valence-corrected chi connectivity index (χ4v) is 3.14.